The number of imidazole rings is 2. The lowest BCUT2D eigenvalue weighted by Crippen LogP contribution is -2.11. The summed E-state index contributed by atoms with van der Waals surface area (Å²) < 4.78 is 17.4. The summed E-state index contributed by atoms with van der Waals surface area (Å²) in [5.74, 6) is 1.25. The number of carbonyl (C=O) groups excluding carboxylic acids is 1. The van der Waals surface area contributed by atoms with Gasteiger partial charge in [-0.2, -0.15) is 0 Å². The van der Waals surface area contributed by atoms with E-state index in [-0.39, 0.29) is 11.7 Å². The van der Waals surface area contributed by atoms with Crippen molar-refractivity contribution in [3.05, 3.63) is 77.9 Å². The maximum atomic E-state index is 13.1. The molecule has 4 rings (SSSR count). The number of nitrogens with zero attached hydrogens (tertiary/aromatic N) is 4. The van der Waals surface area contributed by atoms with Crippen LogP contribution >= 0.6 is 0 Å². The maximum Gasteiger partial charge on any atom is 0.255 e. The summed E-state index contributed by atoms with van der Waals surface area (Å²) in [6, 6.07) is 11.2. The first-order chi connectivity index (χ1) is 14.5. The molecule has 2 heterocycles. The summed E-state index contributed by atoms with van der Waals surface area (Å²) in [6.45, 7) is 5.67. The van der Waals surface area contributed by atoms with Crippen LogP contribution in [0.2, 0.25) is 0 Å². The van der Waals surface area contributed by atoms with Gasteiger partial charge in [-0.1, -0.05) is 13.3 Å². The molecule has 0 spiro atoms. The topological polar surface area (TPSA) is 64.7 Å². The van der Waals surface area contributed by atoms with Gasteiger partial charge in [0, 0.05) is 30.2 Å². The third kappa shape index (κ3) is 4.10. The van der Waals surface area contributed by atoms with Gasteiger partial charge in [0.05, 0.1) is 17.6 Å². The number of benzene rings is 2. The van der Waals surface area contributed by atoms with E-state index in [9.17, 15) is 9.18 Å². The van der Waals surface area contributed by atoms with Gasteiger partial charge in [0.1, 0.15) is 17.5 Å². The number of aryl methyl sites for hydroxylation is 2. The Labute approximate surface area is 174 Å². The SMILES string of the molecule is CCCCn1c(Cn2ccnc2C)nc2cc(NC(=O)c3ccc(F)cc3)ccc21. The number of rotatable bonds is 7. The Hall–Kier alpha value is -3.48. The summed E-state index contributed by atoms with van der Waals surface area (Å²) in [5, 5.41) is 2.87. The molecular formula is C23H24FN5O. The molecular weight excluding hydrogens is 381 g/mol. The number of carbonyl (C=O) groups is 1. The van der Waals surface area contributed by atoms with Crippen molar-refractivity contribution < 1.29 is 9.18 Å². The van der Waals surface area contributed by atoms with E-state index in [4.69, 9.17) is 4.98 Å². The van der Waals surface area contributed by atoms with Crippen LogP contribution in [0.15, 0.2) is 54.9 Å². The molecule has 0 radical (unpaired) electrons. The quantitative estimate of drug-likeness (QED) is 0.481. The van der Waals surface area contributed by atoms with E-state index in [1.165, 1.54) is 24.3 Å². The van der Waals surface area contributed by atoms with Crippen molar-refractivity contribution in [3.8, 4) is 0 Å². The number of amides is 1. The molecule has 154 valence electrons. The van der Waals surface area contributed by atoms with Gasteiger partial charge in [0.15, 0.2) is 0 Å². The maximum absolute atomic E-state index is 13.1. The number of anilines is 1. The number of halogens is 1. The van der Waals surface area contributed by atoms with E-state index < -0.39 is 0 Å². The summed E-state index contributed by atoms with van der Waals surface area (Å²) in [6.07, 6.45) is 5.89. The van der Waals surface area contributed by atoms with Gasteiger partial charge in [-0.15, -0.1) is 0 Å². The van der Waals surface area contributed by atoms with Crippen molar-refractivity contribution in [1.29, 1.82) is 0 Å². The Kier molecular flexibility index (Phi) is 5.61. The van der Waals surface area contributed by atoms with Crippen LogP contribution in [0.5, 0.6) is 0 Å². The highest BCUT2D eigenvalue weighted by molar-refractivity contribution is 6.04. The standard InChI is InChI=1S/C23H24FN5O/c1-3-4-12-29-21-10-9-19(26-23(30)17-5-7-18(24)8-6-17)14-20(21)27-22(29)15-28-13-11-25-16(28)2/h5-11,13-14H,3-4,12,15H2,1-2H3,(H,26,30). The van der Waals surface area contributed by atoms with Crippen LogP contribution in [0, 0.1) is 12.7 Å². The van der Waals surface area contributed by atoms with Crippen LogP contribution < -0.4 is 5.32 Å². The second-order valence-corrected chi connectivity index (χ2v) is 7.30. The number of unbranched alkanes of at least 4 members (excludes halogenated alkanes) is 1. The fourth-order valence-corrected chi connectivity index (χ4v) is 3.47. The lowest BCUT2D eigenvalue weighted by molar-refractivity contribution is 0.102. The molecule has 6 nitrogen and oxygen atoms in total. The van der Waals surface area contributed by atoms with E-state index in [0.717, 1.165) is 42.1 Å². The zero-order valence-corrected chi connectivity index (χ0v) is 17.1. The zero-order chi connectivity index (χ0) is 21.1. The van der Waals surface area contributed by atoms with Crippen LogP contribution in [0.1, 0.15) is 41.8 Å². The fourth-order valence-electron chi connectivity index (χ4n) is 3.47. The van der Waals surface area contributed by atoms with Crippen molar-refractivity contribution in [2.24, 2.45) is 0 Å². The number of nitrogens with one attached hydrogen (secondary N) is 1. The van der Waals surface area contributed by atoms with Crippen molar-refractivity contribution >= 4 is 22.6 Å². The largest absolute Gasteiger partial charge is 0.328 e. The first-order valence-corrected chi connectivity index (χ1v) is 10.1. The molecule has 4 aromatic rings. The van der Waals surface area contributed by atoms with Crippen molar-refractivity contribution in [1.82, 2.24) is 19.1 Å². The Morgan fingerprint density at radius 3 is 2.67 bits per heavy atom. The summed E-state index contributed by atoms with van der Waals surface area (Å²) in [7, 11) is 0. The molecule has 0 aliphatic carbocycles. The Morgan fingerprint density at radius 2 is 1.97 bits per heavy atom. The van der Waals surface area contributed by atoms with Crippen LogP contribution in [0.4, 0.5) is 10.1 Å². The van der Waals surface area contributed by atoms with Crippen molar-refractivity contribution in [3.63, 3.8) is 0 Å². The highest BCUT2D eigenvalue weighted by Gasteiger charge is 2.14. The van der Waals surface area contributed by atoms with E-state index >= 15 is 0 Å². The molecule has 0 saturated carbocycles. The molecule has 0 unspecified atom stereocenters. The van der Waals surface area contributed by atoms with E-state index in [0.29, 0.717) is 17.8 Å². The average molecular weight is 405 g/mol. The molecule has 2 aromatic heterocycles. The number of hydrogen-bond donors (Lipinski definition) is 1. The van der Waals surface area contributed by atoms with Gasteiger partial charge in [-0.05, 0) is 55.8 Å². The minimum Gasteiger partial charge on any atom is -0.328 e. The Bertz CT molecular complexity index is 1180. The molecule has 2 aromatic carbocycles. The van der Waals surface area contributed by atoms with Gasteiger partial charge in [0.2, 0.25) is 0 Å². The smallest absolute Gasteiger partial charge is 0.255 e. The zero-order valence-electron chi connectivity index (χ0n) is 17.1. The van der Waals surface area contributed by atoms with E-state index in [1.807, 2.05) is 31.3 Å². The first kappa shape index (κ1) is 19.8. The molecule has 0 fully saturated rings. The monoisotopic (exact) mass is 405 g/mol. The van der Waals surface area contributed by atoms with E-state index in [1.54, 1.807) is 6.20 Å². The predicted octanol–water partition coefficient (Wildman–Crippen LogP) is 4.78. The van der Waals surface area contributed by atoms with Gasteiger partial charge >= 0.3 is 0 Å². The fraction of sp³-hybridized carbons (Fsp3) is 0.261. The third-order valence-corrected chi connectivity index (χ3v) is 5.16. The molecule has 0 saturated heterocycles. The minimum absolute atomic E-state index is 0.283. The number of hydrogen-bond acceptors (Lipinski definition) is 3. The van der Waals surface area contributed by atoms with Crippen LogP contribution in [-0.4, -0.2) is 25.0 Å². The van der Waals surface area contributed by atoms with E-state index in [2.05, 4.69) is 26.4 Å². The average Bonchev–Trinajstić information content (AvgIpc) is 3.29. The number of fused-ring (bicyclic) bond motifs is 1. The summed E-state index contributed by atoms with van der Waals surface area (Å²) in [4.78, 5) is 21.6. The van der Waals surface area contributed by atoms with Crippen molar-refractivity contribution in [2.75, 3.05) is 5.32 Å². The summed E-state index contributed by atoms with van der Waals surface area (Å²) in [5.41, 5.74) is 2.93. The lowest BCUT2D eigenvalue weighted by atomic mass is 10.2. The molecule has 0 atom stereocenters. The highest BCUT2D eigenvalue weighted by Crippen LogP contribution is 2.23. The van der Waals surface area contributed by atoms with Crippen LogP contribution in [-0.2, 0) is 13.1 Å². The van der Waals surface area contributed by atoms with Crippen LogP contribution in [0.25, 0.3) is 11.0 Å². The predicted molar refractivity (Wildman–Crippen MR) is 115 cm³/mol. The molecule has 0 aliphatic rings. The molecule has 7 heteroatoms. The second-order valence-electron chi connectivity index (χ2n) is 7.30. The molecule has 0 aliphatic heterocycles. The Morgan fingerprint density at radius 1 is 1.17 bits per heavy atom. The first-order valence-electron chi connectivity index (χ1n) is 10.1. The van der Waals surface area contributed by atoms with Gasteiger partial charge in [-0.25, -0.2) is 14.4 Å². The third-order valence-electron chi connectivity index (χ3n) is 5.16. The van der Waals surface area contributed by atoms with Crippen molar-refractivity contribution in [2.45, 2.75) is 39.8 Å². The molecule has 30 heavy (non-hydrogen) atoms. The Balaban J connectivity index is 1.63. The summed E-state index contributed by atoms with van der Waals surface area (Å²) >= 11 is 0. The lowest BCUT2D eigenvalue weighted by Gasteiger charge is -2.10. The second kappa shape index (κ2) is 8.49. The van der Waals surface area contributed by atoms with Gasteiger partial charge in [0.25, 0.3) is 5.91 Å². The molecule has 1 N–H and O–H groups in total. The van der Waals surface area contributed by atoms with Gasteiger partial charge < -0.3 is 14.5 Å². The highest BCUT2D eigenvalue weighted by atomic mass is 19.1. The normalized spacial score (nSPS) is 11.2. The molecule has 0 bridgehead atoms. The number of aromatic nitrogens is 4. The van der Waals surface area contributed by atoms with Gasteiger partial charge in [-0.3, -0.25) is 4.79 Å². The molecule has 1 amide bonds. The van der Waals surface area contributed by atoms with Crippen LogP contribution in [0.3, 0.4) is 0 Å². The minimum atomic E-state index is -0.369.